The Labute approximate surface area is 97.3 Å². The van der Waals surface area contributed by atoms with Crippen LogP contribution in [0.25, 0.3) is 0 Å². The van der Waals surface area contributed by atoms with E-state index in [1.807, 2.05) is 4.90 Å². The third-order valence-electron chi connectivity index (χ3n) is 3.69. The average molecular weight is 226 g/mol. The first-order valence-electron chi connectivity index (χ1n) is 6.31. The summed E-state index contributed by atoms with van der Waals surface area (Å²) in [6, 6.07) is 0. The number of methoxy groups -OCH3 is 1. The zero-order valence-corrected chi connectivity index (χ0v) is 10.1. The fourth-order valence-electron chi connectivity index (χ4n) is 2.62. The minimum atomic E-state index is 0.249. The highest BCUT2D eigenvalue weighted by atomic mass is 16.5. The molecule has 16 heavy (non-hydrogen) atoms. The third kappa shape index (κ3) is 2.95. The summed E-state index contributed by atoms with van der Waals surface area (Å²) in [6.45, 7) is 3.78. The van der Waals surface area contributed by atoms with E-state index in [2.05, 4.69) is 5.32 Å². The minimum absolute atomic E-state index is 0.249. The summed E-state index contributed by atoms with van der Waals surface area (Å²) in [6.07, 6.45) is 4.27. The van der Waals surface area contributed by atoms with Gasteiger partial charge < -0.3 is 15.0 Å². The van der Waals surface area contributed by atoms with Crippen LogP contribution >= 0.6 is 0 Å². The minimum Gasteiger partial charge on any atom is -0.380 e. The molecule has 4 heteroatoms. The van der Waals surface area contributed by atoms with Crippen LogP contribution in [-0.2, 0) is 9.53 Å². The summed E-state index contributed by atoms with van der Waals surface area (Å²) >= 11 is 0. The van der Waals surface area contributed by atoms with Gasteiger partial charge in [0.05, 0.1) is 6.10 Å². The molecule has 0 aromatic heterocycles. The van der Waals surface area contributed by atoms with Crippen molar-refractivity contribution in [2.75, 3.05) is 33.3 Å². The topological polar surface area (TPSA) is 41.6 Å². The van der Waals surface area contributed by atoms with Gasteiger partial charge in [0.25, 0.3) is 0 Å². The quantitative estimate of drug-likeness (QED) is 0.767. The van der Waals surface area contributed by atoms with Crippen molar-refractivity contribution in [1.82, 2.24) is 10.2 Å². The molecule has 0 aliphatic carbocycles. The van der Waals surface area contributed by atoms with Crippen molar-refractivity contribution in [3.63, 3.8) is 0 Å². The molecule has 2 aliphatic rings. The fraction of sp³-hybridized carbons (Fsp3) is 0.917. The number of hydrogen-bond donors (Lipinski definition) is 1. The summed E-state index contributed by atoms with van der Waals surface area (Å²) in [5, 5.41) is 3.31. The number of rotatable bonds is 3. The van der Waals surface area contributed by atoms with E-state index in [1.165, 1.54) is 0 Å². The van der Waals surface area contributed by atoms with Crippen LogP contribution in [0.15, 0.2) is 0 Å². The molecule has 0 aromatic carbocycles. The third-order valence-corrected chi connectivity index (χ3v) is 3.69. The number of nitrogens with zero attached hydrogens (tertiary/aromatic N) is 1. The van der Waals surface area contributed by atoms with Gasteiger partial charge in [0, 0.05) is 26.6 Å². The Morgan fingerprint density at radius 2 is 2.38 bits per heavy atom. The second-order valence-corrected chi connectivity index (χ2v) is 4.90. The van der Waals surface area contributed by atoms with Crippen molar-refractivity contribution >= 4 is 5.91 Å². The number of carbonyl (C=O) groups is 1. The van der Waals surface area contributed by atoms with E-state index in [1.54, 1.807) is 7.11 Å². The van der Waals surface area contributed by atoms with E-state index in [0.717, 1.165) is 45.4 Å². The van der Waals surface area contributed by atoms with Gasteiger partial charge in [-0.3, -0.25) is 4.79 Å². The average Bonchev–Trinajstić information content (AvgIpc) is 2.82. The van der Waals surface area contributed by atoms with Crippen LogP contribution in [0, 0.1) is 5.92 Å². The number of piperidine rings is 1. The second-order valence-electron chi connectivity index (χ2n) is 4.90. The monoisotopic (exact) mass is 226 g/mol. The molecule has 2 fully saturated rings. The highest BCUT2D eigenvalue weighted by Gasteiger charge is 2.26. The number of carbonyl (C=O) groups excluding carboxylic acids is 1. The van der Waals surface area contributed by atoms with Crippen LogP contribution in [0.5, 0.6) is 0 Å². The maximum atomic E-state index is 12.1. The van der Waals surface area contributed by atoms with Gasteiger partial charge in [0.2, 0.25) is 5.91 Å². The van der Waals surface area contributed by atoms with Gasteiger partial charge in [-0.15, -0.1) is 0 Å². The van der Waals surface area contributed by atoms with Crippen molar-refractivity contribution in [2.45, 2.75) is 31.8 Å². The Kier molecular flexibility index (Phi) is 4.18. The first-order valence-corrected chi connectivity index (χ1v) is 6.31. The smallest absolute Gasteiger partial charge is 0.222 e. The molecule has 0 saturated carbocycles. The predicted molar refractivity (Wildman–Crippen MR) is 62.2 cm³/mol. The molecule has 1 N–H and O–H groups in total. The Morgan fingerprint density at radius 3 is 3.06 bits per heavy atom. The van der Waals surface area contributed by atoms with Gasteiger partial charge in [-0.05, 0) is 38.3 Å². The normalized spacial score (nSPS) is 30.7. The van der Waals surface area contributed by atoms with Crippen LogP contribution in [0.4, 0.5) is 0 Å². The Balaban J connectivity index is 1.79. The van der Waals surface area contributed by atoms with Crippen LogP contribution in [0.2, 0.25) is 0 Å². The molecule has 2 unspecified atom stereocenters. The number of hydrogen-bond acceptors (Lipinski definition) is 3. The van der Waals surface area contributed by atoms with Crippen LogP contribution in [0.3, 0.4) is 0 Å². The molecule has 2 saturated heterocycles. The lowest BCUT2D eigenvalue weighted by molar-refractivity contribution is -0.135. The van der Waals surface area contributed by atoms with E-state index >= 15 is 0 Å². The summed E-state index contributed by atoms with van der Waals surface area (Å²) in [5.74, 6) is 0.867. The first kappa shape index (κ1) is 11.9. The lowest BCUT2D eigenvalue weighted by Crippen LogP contribution is -2.43. The molecule has 0 aromatic rings. The van der Waals surface area contributed by atoms with Crippen LogP contribution in [0.1, 0.15) is 25.7 Å². The van der Waals surface area contributed by atoms with Gasteiger partial charge >= 0.3 is 0 Å². The Hall–Kier alpha value is -0.610. The van der Waals surface area contributed by atoms with Gasteiger partial charge in [0.15, 0.2) is 0 Å². The molecule has 0 radical (unpaired) electrons. The first-order chi connectivity index (χ1) is 7.79. The van der Waals surface area contributed by atoms with Crippen molar-refractivity contribution in [3.05, 3.63) is 0 Å². The maximum Gasteiger partial charge on any atom is 0.222 e. The zero-order valence-electron chi connectivity index (χ0n) is 10.1. The van der Waals surface area contributed by atoms with Gasteiger partial charge in [-0.1, -0.05) is 0 Å². The Bertz CT molecular complexity index is 239. The highest BCUT2D eigenvalue weighted by Crippen LogP contribution is 2.18. The van der Waals surface area contributed by atoms with Gasteiger partial charge in [-0.25, -0.2) is 0 Å². The lowest BCUT2D eigenvalue weighted by atomic mass is 10.0. The van der Waals surface area contributed by atoms with Gasteiger partial charge in [-0.2, -0.15) is 0 Å². The molecular weight excluding hydrogens is 204 g/mol. The standard InChI is InChI=1S/C12H22N2O2/c1-16-11-3-2-6-14(9-11)12(15)7-10-4-5-13-8-10/h10-11,13H,2-9H2,1H3. The van der Waals surface area contributed by atoms with E-state index in [0.29, 0.717) is 18.2 Å². The number of nitrogens with one attached hydrogen (secondary N) is 1. The molecule has 1 amide bonds. The molecule has 0 bridgehead atoms. The molecule has 0 spiro atoms. The largest absolute Gasteiger partial charge is 0.380 e. The molecule has 4 nitrogen and oxygen atoms in total. The van der Waals surface area contributed by atoms with E-state index in [9.17, 15) is 4.79 Å². The van der Waals surface area contributed by atoms with Crippen LogP contribution < -0.4 is 5.32 Å². The summed E-state index contributed by atoms with van der Waals surface area (Å²) in [5.41, 5.74) is 0. The summed E-state index contributed by atoms with van der Waals surface area (Å²) in [7, 11) is 1.74. The van der Waals surface area contributed by atoms with Crippen molar-refractivity contribution in [1.29, 1.82) is 0 Å². The van der Waals surface area contributed by atoms with Crippen molar-refractivity contribution < 1.29 is 9.53 Å². The fourth-order valence-corrected chi connectivity index (χ4v) is 2.62. The molecule has 2 heterocycles. The Morgan fingerprint density at radius 1 is 1.50 bits per heavy atom. The number of amides is 1. The maximum absolute atomic E-state index is 12.1. The highest BCUT2D eigenvalue weighted by molar-refractivity contribution is 5.76. The van der Waals surface area contributed by atoms with E-state index in [4.69, 9.17) is 4.74 Å². The molecule has 2 rings (SSSR count). The zero-order chi connectivity index (χ0) is 11.4. The van der Waals surface area contributed by atoms with Crippen molar-refractivity contribution in [3.8, 4) is 0 Å². The number of likely N-dealkylation sites (tertiary alicyclic amines) is 1. The van der Waals surface area contributed by atoms with E-state index < -0.39 is 0 Å². The summed E-state index contributed by atoms with van der Waals surface area (Å²) < 4.78 is 5.34. The van der Waals surface area contributed by atoms with Gasteiger partial charge in [0.1, 0.15) is 0 Å². The van der Waals surface area contributed by atoms with E-state index in [-0.39, 0.29) is 6.10 Å². The predicted octanol–water partition coefficient (Wildman–Crippen LogP) is 0.623. The second kappa shape index (κ2) is 5.64. The lowest BCUT2D eigenvalue weighted by Gasteiger charge is -2.32. The number of ether oxygens (including phenoxy) is 1. The van der Waals surface area contributed by atoms with Crippen molar-refractivity contribution in [2.24, 2.45) is 5.92 Å². The molecular formula is C12H22N2O2. The molecule has 2 aliphatic heterocycles. The molecule has 2 atom stereocenters. The summed E-state index contributed by atoms with van der Waals surface area (Å²) in [4.78, 5) is 14.0. The SMILES string of the molecule is COC1CCCN(C(=O)CC2CCNC2)C1. The van der Waals surface area contributed by atoms with Crippen LogP contribution in [-0.4, -0.2) is 50.2 Å². The molecule has 92 valence electrons.